The van der Waals surface area contributed by atoms with Crippen LogP contribution < -0.4 is 0 Å². The van der Waals surface area contributed by atoms with Gasteiger partial charge in [0.2, 0.25) is 26.0 Å². The van der Waals surface area contributed by atoms with Crippen LogP contribution in [0.2, 0.25) is 0 Å². The number of carbonyl (C=O) groups is 1. The van der Waals surface area contributed by atoms with Crippen LogP contribution in [-0.2, 0) is 24.8 Å². The first-order valence-corrected chi connectivity index (χ1v) is 14.2. The molecule has 29 heavy (non-hydrogen) atoms. The molecule has 3 fully saturated rings. The molecule has 1 amide bonds. The summed E-state index contributed by atoms with van der Waals surface area (Å²) in [7, 11) is -7.23. The van der Waals surface area contributed by atoms with Crippen LogP contribution >= 0.6 is 0 Å². The lowest BCUT2D eigenvalue weighted by atomic mass is 9.95. The molecule has 3 aliphatic heterocycles. The monoisotopic (exact) mass is 449 g/mol. The molecule has 3 rings (SSSR count). The average molecular weight is 450 g/mol. The number of carbonyl (C=O) groups excluding carboxylic acids is 1. The van der Waals surface area contributed by atoms with Crippen LogP contribution in [0.3, 0.4) is 0 Å². The molecular weight excluding hydrogens is 414 g/mol. The highest BCUT2D eigenvalue weighted by molar-refractivity contribution is 7.89. The summed E-state index contributed by atoms with van der Waals surface area (Å²) in [5.41, 5.74) is 0. The zero-order chi connectivity index (χ0) is 21.2. The fourth-order valence-corrected chi connectivity index (χ4v) is 8.25. The number of nitrogens with zero attached hydrogens (tertiary/aromatic N) is 3. The van der Waals surface area contributed by atoms with Crippen LogP contribution in [0.5, 0.6) is 0 Å². The minimum absolute atomic E-state index is 0.0558. The number of piperidine rings is 1. The molecule has 0 aromatic carbocycles. The number of amides is 1. The predicted octanol–water partition coefficient (Wildman–Crippen LogP) is 1.24. The van der Waals surface area contributed by atoms with Crippen molar-refractivity contribution >= 4 is 26.0 Å². The maximum absolute atomic E-state index is 13.1. The van der Waals surface area contributed by atoms with E-state index in [0.29, 0.717) is 32.2 Å². The zero-order valence-corrected chi connectivity index (χ0v) is 19.3. The van der Waals surface area contributed by atoms with E-state index in [4.69, 9.17) is 0 Å². The van der Waals surface area contributed by atoms with Crippen molar-refractivity contribution < 1.29 is 21.6 Å². The summed E-state index contributed by atoms with van der Waals surface area (Å²) in [5, 5.41) is 0. The standard InChI is InChI=1S/C19H35N3O5S2/c1-3-9-16-18-17(22(19(16)23)28(24,25)4-2)10-14-21(18)29(26,27)15-8-13-20-11-6-5-7-12-20/h16-18H,3-15H2,1-2H3/t16-,17+,18-/m1/s1. The van der Waals surface area contributed by atoms with E-state index in [1.807, 2.05) is 6.92 Å². The van der Waals surface area contributed by atoms with E-state index in [-0.39, 0.29) is 11.5 Å². The summed E-state index contributed by atoms with van der Waals surface area (Å²) < 4.78 is 53.8. The second-order valence-corrected chi connectivity index (χ2v) is 12.6. The van der Waals surface area contributed by atoms with Crippen molar-refractivity contribution in [2.24, 2.45) is 5.92 Å². The molecule has 0 aromatic rings. The lowest BCUT2D eigenvalue weighted by molar-refractivity contribution is -0.128. The second-order valence-electron chi connectivity index (χ2n) is 8.46. The molecular formula is C19H35N3O5S2. The highest BCUT2D eigenvalue weighted by Gasteiger charge is 2.58. The van der Waals surface area contributed by atoms with Gasteiger partial charge >= 0.3 is 0 Å². The van der Waals surface area contributed by atoms with E-state index < -0.39 is 44.0 Å². The van der Waals surface area contributed by atoms with Gasteiger partial charge in [-0.2, -0.15) is 4.31 Å². The number of sulfonamides is 2. The fourth-order valence-electron chi connectivity index (χ4n) is 5.15. The van der Waals surface area contributed by atoms with Gasteiger partial charge in [0, 0.05) is 6.54 Å². The summed E-state index contributed by atoms with van der Waals surface area (Å²) in [5.74, 6) is -1.08. The topological polar surface area (TPSA) is 95.1 Å². The van der Waals surface area contributed by atoms with Crippen LogP contribution in [0.15, 0.2) is 0 Å². The molecule has 10 heteroatoms. The van der Waals surface area contributed by atoms with Gasteiger partial charge in [-0.05, 0) is 58.7 Å². The van der Waals surface area contributed by atoms with E-state index in [2.05, 4.69) is 4.90 Å². The Balaban J connectivity index is 1.73. The first-order chi connectivity index (χ1) is 13.7. The molecule has 3 aliphatic rings. The molecule has 0 saturated carbocycles. The Labute approximate surface area is 175 Å². The summed E-state index contributed by atoms with van der Waals surface area (Å²) >= 11 is 0. The normalized spacial score (nSPS) is 29.5. The van der Waals surface area contributed by atoms with Crippen molar-refractivity contribution in [2.75, 3.05) is 37.7 Å². The summed E-state index contributed by atoms with van der Waals surface area (Å²) in [6, 6.07) is -1.11. The highest BCUT2D eigenvalue weighted by Crippen LogP contribution is 2.41. The summed E-state index contributed by atoms with van der Waals surface area (Å²) in [6.07, 6.45) is 5.77. The van der Waals surface area contributed by atoms with Crippen LogP contribution in [0.25, 0.3) is 0 Å². The Morgan fingerprint density at radius 1 is 0.966 bits per heavy atom. The van der Waals surface area contributed by atoms with E-state index in [1.165, 1.54) is 30.5 Å². The van der Waals surface area contributed by atoms with Crippen molar-refractivity contribution in [1.29, 1.82) is 0 Å². The lowest BCUT2D eigenvalue weighted by Crippen LogP contribution is -2.44. The average Bonchev–Trinajstić information content (AvgIpc) is 3.22. The second kappa shape index (κ2) is 9.20. The molecule has 0 radical (unpaired) electrons. The number of likely N-dealkylation sites (tertiary alicyclic amines) is 1. The molecule has 0 aliphatic carbocycles. The largest absolute Gasteiger partial charge is 0.303 e. The van der Waals surface area contributed by atoms with Gasteiger partial charge in [0.05, 0.1) is 29.5 Å². The molecule has 8 nitrogen and oxygen atoms in total. The van der Waals surface area contributed by atoms with E-state index in [1.54, 1.807) is 0 Å². The summed E-state index contributed by atoms with van der Waals surface area (Å²) in [6.45, 7) is 6.59. The van der Waals surface area contributed by atoms with Gasteiger partial charge < -0.3 is 4.90 Å². The van der Waals surface area contributed by atoms with Crippen LogP contribution in [0.4, 0.5) is 0 Å². The van der Waals surface area contributed by atoms with Gasteiger partial charge in [-0.1, -0.05) is 19.8 Å². The van der Waals surface area contributed by atoms with Crippen LogP contribution in [0, 0.1) is 5.92 Å². The quantitative estimate of drug-likeness (QED) is 0.526. The number of hydrogen-bond donors (Lipinski definition) is 0. The zero-order valence-electron chi connectivity index (χ0n) is 17.6. The predicted molar refractivity (Wildman–Crippen MR) is 112 cm³/mol. The van der Waals surface area contributed by atoms with Crippen LogP contribution in [0.1, 0.15) is 58.8 Å². The lowest BCUT2D eigenvalue weighted by Gasteiger charge is -2.28. The minimum atomic E-state index is -3.70. The molecule has 3 heterocycles. The number of rotatable bonds is 9. The molecule has 0 aromatic heterocycles. The van der Waals surface area contributed by atoms with Crippen molar-refractivity contribution in [3.8, 4) is 0 Å². The van der Waals surface area contributed by atoms with E-state index in [9.17, 15) is 21.6 Å². The first kappa shape index (κ1) is 23.0. The van der Waals surface area contributed by atoms with E-state index in [0.717, 1.165) is 23.9 Å². The molecule has 168 valence electrons. The van der Waals surface area contributed by atoms with Crippen molar-refractivity contribution in [3.05, 3.63) is 0 Å². The first-order valence-electron chi connectivity index (χ1n) is 11.0. The number of fused-ring (bicyclic) bond motifs is 1. The molecule has 0 N–H and O–H groups in total. The Kier molecular flexibility index (Phi) is 7.28. The highest BCUT2D eigenvalue weighted by atomic mass is 32.2. The van der Waals surface area contributed by atoms with Gasteiger partial charge in [0.1, 0.15) is 0 Å². The minimum Gasteiger partial charge on any atom is -0.303 e. The third kappa shape index (κ3) is 4.65. The Morgan fingerprint density at radius 2 is 1.66 bits per heavy atom. The summed E-state index contributed by atoms with van der Waals surface area (Å²) in [4.78, 5) is 15.2. The van der Waals surface area contributed by atoms with Gasteiger partial charge in [-0.25, -0.2) is 21.1 Å². The Bertz CT molecular complexity index is 793. The third-order valence-corrected chi connectivity index (χ3v) is 10.3. The molecule has 3 atom stereocenters. The van der Waals surface area contributed by atoms with Gasteiger partial charge in [-0.15, -0.1) is 0 Å². The number of hydrogen-bond acceptors (Lipinski definition) is 6. The Hall–Kier alpha value is -0.710. The van der Waals surface area contributed by atoms with Gasteiger partial charge in [0.15, 0.2) is 0 Å². The Morgan fingerprint density at radius 3 is 2.28 bits per heavy atom. The van der Waals surface area contributed by atoms with E-state index >= 15 is 0 Å². The molecule has 0 spiro atoms. The van der Waals surface area contributed by atoms with Crippen molar-refractivity contribution in [3.63, 3.8) is 0 Å². The molecule has 3 saturated heterocycles. The smallest absolute Gasteiger partial charge is 0.241 e. The molecule has 0 unspecified atom stereocenters. The van der Waals surface area contributed by atoms with Crippen LogP contribution in [-0.4, -0.2) is 86.0 Å². The fraction of sp³-hybridized carbons (Fsp3) is 0.947. The maximum Gasteiger partial charge on any atom is 0.241 e. The van der Waals surface area contributed by atoms with Crippen molar-refractivity contribution in [2.45, 2.75) is 70.9 Å². The maximum atomic E-state index is 13.1. The van der Waals surface area contributed by atoms with Crippen molar-refractivity contribution in [1.82, 2.24) is 13.5 Å². The van der Waals surface area contributed by atoms with Gasteiger partial charge in [-0.3, -0.25) is 4.79 Å². The SMILES string of the molecule is CCC[C@H]1C(=O)N(S(=O)(=O)CC)[C@H]2CCN(S(=O)(=O)CCCN3CCCCC3)[C@H]12. The molecule has 0 bridgehead atoms. The van der Waals surface area contributed by atoms with Gasteiger partial charge in [0.25, 0.3) is 0 Å². The third-order valence-electron chi connectivity index (χ3n) is 6.57.